The fraction of sp³-hybridized carbons (Fsp3) is 0.636. The van der Waals surface area contributed by atoms with Gasteiger partial charge in [0.25, 0.3) is 0 Å². The van der Waals surface area contributed by atoms with Crippen molar-refractivity contribution in [3.63, 3.8) is 0 Å². The Balaban J connectivity index is 2.26. The van der Waals surface area contributed by atoms with E-state index in [1.165, 1.54) is 19.2 Å². The number of nitro groups is 1. The molecular formula is C11H17N5O2. The first kappa shape index (κ1) is 12.5. The van der Waals surface area contributed by atoms with Gasteiger partial charge in [-0.3, -0.25) is 10.1 Å². The van der Waals surface area contributed by atoms with Crippen molar-refractivity contribution in [1.29, 1.82) is 0 Å². The summed E-state index contributed by atoms with van der Waals surface area (Å²) < 4.78 is 0. The normalized spacial score (nSPS) is 16.1. The summed E-state index contributed by atoms with van der Waals surface area (Å²) in [5, 5.41) is 17.1. The minimum Gasteiger partial charge on any atom is -0.364 e. The molecule has 7 heteroatoms. The first-order valence-electron chi connectivity index (χ1n) is 6.13. The summed E-state index contributed by atoms with van der Waals surface area (Å²) in [4.78, 5) is 18.6. The predicted octanol–water partition coefficient (Wildman–Crippen LogP) is 2.03. The van der Waals surface area contributed by atoms with E-state index < -0.39 is 4.92 Å². The van der Waals surface area contributed by atoms with E-state index in [9.17, 15) is 10.1 Å². The maximum absolute atomic E-state index is 11.1. The third-order valence-corrected chi connectivity index (χ3v) is 3.04. The fourth-order valence-electron chi connectivity index (χ4n) is 1.88. The van der Waals surface area contributed by atoms with Crippen molar-refractivity contribution in [2.75, 3.05) is 17.2 Å². The first-order chi connectivity index (χ1) is 8.63. The second kappa shape index (κ2) is 5.16. The highest BCUT2D eigenvalue weighted by molar-refractivity contribution is 5.69. The summed E-state index contributed by atoms with van der Waals surface area (Å²) in [5.41, 5.74) is -0.0770. The second-order valence-electron chi connectivity index (χ2n) is 4.48. The van der Waals surface area contributed by atoms with Crippen LogP contribution in [0.2, 0.25) is 0 Å². The van der Waals surface area contributed by atoms with Gasteiger partial charge in [-0.2, -0.15) is 0 Å². The molecule has 0 saturated heterocycles. The summed E-state index contributed by atoms with van der Waals surface area (Å²) in [6, 6.07) is 0.202. The van der Waals surface area contributed by atoms with E-state index in [4.69, 9.17) is 0 Å². The lowest BCUT2D eigenvalue weighted by molar-refractivity contribution is -0.383. The van der Waals surface area contributed by atoms with Gasteiger partial charge in [0, 0.05) is 12.6 Å². The van der Waals surface area contributed by atoms with Crippen LogP contribution in [0.5, 0.6) is 0 Å². The van der Waals surface area contributed by atoms with Crippen molar-refractivity contribution in [1.82, 2.24) is 9.97 Å². The highest BCUT2D eigenvalue weighted by Gasteiger charge is 2.31. The summed E-state index contributed by atoms with van der Waals surface area (Å²) in [6.07, 6.45) is 3.69. The van der Waals surface area contributed by atoms with Crippen LogP contribution in [-0.2, 0) is 0 Å². The summed E-state index contributed by atoms with van der Waals surface area (Å²) in [6.45, 7) is 4.47. The lowest BCUT2D eigenvalue weighted by Gasteiger charge is -2.14. The molecule has 98 valence electrons. The highest BCUT2D eigenvalue weighted by atomic mass is 16.6. The Morgan fingerprint density at radius 2 is 2.17 bits per heavy atom. The average molecular weight is 251 g/mol. The van der Waals surface area contributed by atoms with Crippen LogP contribution in [0.25, 0.3) is 0 Å². The van der Waals surface area contributed by atoms with Gasteiger partial charge in [0.2, 0.25) is 11.6 Å². The van der Waals surface area contributed by atoms with Gasteiger partial charge in [0.15, 0.2) is 0 Å². The van der Waals surface area contributed by atoms with Crippen molar-refractivity contribution >= 4 is 17.3 Å². The van der Waals surface area contributed by atoms with E-state index in [2.05, 4.69) is 20.6 Å². The van der Waals surface area contributed by atoms with Crippen molar-refractivity contribution in [2.24, 2.45) is 5.92 Å². The average Bonchev–Trinajstić information content (AvgIpc) is 3.12. The molecule has 1 saturated carbocycles. The Hall–Kier alpha value is -1.92. The molecule has 2 rings (SSSR count). The molecule has 1 heterocycles. The molecule has 0 amide bonds. The number of nitrogens with one attached hydrogen (secondary N) is 2. The smallest absolute Gasteiger partial charge is 0.353 e. The van der Waals surface area contributed by atoms with Crippen LogP contribution in [0.15, 0.2) is 6.33 Å². The number of hydrogen-bond donors (Lipinski definition) is 2. The van der Waals surface area contributed by atoms with E-state index in [1.54, 1.807) is 0 Å². The molecule has 18 heavy (non-hydrogen) atoms. The Kier molecular flexibility index (Phi) is 3.59. The quantitative estimate of drug-likeness (QED) is 0.593. The van der Waals surface area contributed by atoms with Crippen molar-refractivity contribution in [3.05, 3.63) is 16.4 Å². The van der Waals surface area contributed by atoms with Crippen LogP contribution in [0, 0.1) is 16.0 Å². The van der Waals surface area contributed by atoms with Gasteiger partial charge < -0.3 is 10.6 Å². The topological polar surface area (TPSA) is 93.0 Å². The van der Waals surface area contributed by atoms with Gasteiger partial charge in [-0.25, -0.2) is 9.97 Å². The Morgan fingerprint density at radius 1 is 1.50 bits per heavy atom. The molecule has 0 bridgehead atoms. The van der Waals surface area contributed by atoms with Gasteiger partial charge in [0.1, 0.15) is 6.33 Å². The van der Waals surface area contributed by atoms with E-state index in [0.29, 0.717) is 18.3 Å². The zero-order valence-corrected chi connectivity index (χ0v) is 10.5. The summed E-state index contributed by atoms with van der Waals surface area (Å²) >= 11 is 0. The van der Waals surface area contributed by atoms with Crippen LogP contribution in [0.4, 0.5) is 17.3 Å². The Labute approximate surface area is 105 Å². The third kappa shape index (κ3) is 2.66. The minimum absolute atomic E-state index is 0.0770. The fourth-order valence-corrected chi connectivity index (χ4v) is 1.88. The van der Waals surface area contributed by atoms with Gasteiger partial charge in [0.05, 0.1) is 4.92 Å². The lowest BCUT2D eigenvalue weighted by atomic mass is 10.2. The molecule has 0 radical (unpaired) electrons. The van der Waals surface area contributed by atoms with Gasteiger partial charge in [-0.15, -0.1) is 0 Å². The second-order valence-corrected chi connectivity index (χ2v) is 4.48. The van der Waals surface area contributed by atoms with Crippen molar-refractivity contribution in [2.45, 2.75) is 32.7 Å². The monoisotopic (exact) mass is 251 g/mol. The van der Waals surface area contributed by atoms with Crippen LogP contribution in [0.3, 0.4) is 0 Å². The molecule has 1 aromatic heterocycles. The van der Waals surface area contributed by atoms with Gasteiger partial charge in [-0.05, 0) is 32.6 Å². The van der Waals surface area contributed by atoms with Gasteiger partial charge in [-0.1, -0.05) is 0 Å². The molecule has 2 N–H and O–H groups in total. The zero-order valence-electron chi connectivity index (χ0n) is 10.5. The SMILES string of the molecule is CCNc1ncnc(NC(C)C2CC2)c1[N+](=O)[O-]. The van der Waals surface area contributed by atoms with Crippen LogP contribution in [-0.4, -0.2) is 27.5 Å². The van der Waals surface area contributed by atoms with Gasteiger partial charge >= 0.3 is 5.69 Å². The molecule has 1 aliphatic rings. The number of anilines is 2. The van der Waals surface area contributed by atoms with Crippen molar-refractivity contribution in [3.8, 4) is 0 Å². The molecule has 1 atom stereocenters. The molecule has 0 spiro atoms. The molecule has 7 nitrogen and oxygen atoms in total. The van der Waals surface area contributed by atoms with E-state index in [1.807, 2.05) is 13.8 Å². The molecule has 1 aliphatic carbocycles. The van der Waals surface area contributed by atoms with E-state index in [-0.39, 0.29) is 17.5 Å². The molecule has 1 fully saturated rings. The Bertz CT molecular complexity index is 447. The predicted molar refractivity (Wildman–Crippen MR) is 68.7 cm³/mol. The van der Waals surface area contributed by atoms with Crippen molar-refractivity contribution < 1.29 is 4.92 Å². The van der Waals surface area contributed by atoms with E-state index in [0.717, 1.165) is 0 Å². The summed E-state index contributed by atoms with van der Waals surface area (Å²) in [7, 11) is 0. The lowest BCUT2D eigenvalue weighted by Crippen LogP contribution is -2.20. The number of hydrogen-bond acceptors (Lipinski definition) is 6. The summed E-state index contributed by atoms with van der Waals surface area (Å²) in [5.74, 6) is 1.16. The molecule has 1 aromatic rings. The number of aromatic nitrogens is 2. The largest absolute Gasteiger partial charge is 0.364 e. The maximum atomic E-state index is 11.1. The highest BCUT2D eigenvalue weighted by Crippen LogP contribution is 2.36. The van der Waals surface area contributed by atoms with Crippen LogP contribution < -0.4 is 10.6 Å². The minimum atomic E-state index is -0.444. The molecule has 1 unspecified atom stereocenters. The zero-order chi connectivity index (χ0) is 13.1. The molecular weight excluding hydrogens is 234 g/mol. The van der Waals surface area contributed by atoms with Crippen LogP contribution >= 0.6 is 0 Å². The third-order valence-electron chi connectivity index (χ3n) is 3.04. The van der Waals surface area contributed by atoms with E-state index >= 15 is 0 Å². The first-order valence-corrected chi connectivity index (χ1v) is 6.13. The molecule has 0 aromatic carbocycles. The maximum Gasteiger partial charge on any atom is 0.353 e. The Morgan fingerprint density at radius 3 is 2.72 bits per heavy atom. The number of rotatable bonds is 6. The number of nitrogens with zero attached hydrogens (tertiary/aromatic N) is 3. The molecule has 0 aliphatic heterocycles. The van der Waals surface area contributed by atoms with Crippen LogP contribution in [0.1, 0.15) is 26.7 Å². The standard InChI is InChI=1S/C11H17N5O2/c1-3-12-10-9(16(17)18)11(14-6-13-10)15-7(2)8-4-5-8/h6-8H,3-5H2,1-2H3,(H2,12,13,14,15).